The minimum atomic E-state index is -0.669. The molecule has 1 aliphatic rings. The minimum Gasteiger partial charge on any atom is -0.347 e. The summed E-state index contributed by atoms with van der Waals surface area (Å²) in [7, 11) is 3.53. The van der Waals surface area contributed by atoms with Gasteiger partial charge in [0.15, 0.2) is 0 Å². The predicted octanol–water partition coefficient (Wildman–Crippen LogP) is 0.143. The second-order valence-corrected chi connectivity index (χ2v) is 4.23. The van der Waals surface area contributed by atoms with Crippen LogP contribution in [0.25, 0.3) is 0 Å². The Labute approximate surface area is 94.9 Å². The zero-order valence-electron chi connectivity index (χ0n) is 9.60. The second kappa shape index (κ2) is 4.17. The van der Waals surface area contributed by atoms with Crippen molar-refractivity contribution in [1.82, 2.24) is 20.2 Å². The summed E-state index contributed by atoms with van der Waals surface area (Å²) in [5.74, 6) is 0.0468. The predicted molar refractivity (Wildman–Crippen MR) is 59.6 cm³/mol. The molecular weight excluding hydrogens is 204 g/mol. The van der Waals surface area contributed by atoms with Gasteiger partial charge < -0.3 is 4.90 Å². The maximum atomic E-state index is 12.3. The monoisotopic (exact) mass is 220 g/mol. The summed E-state index contributed by atoms with van der Waals surface area (Å²) in [6.07, 6.45) is 6.67. The molecule has 1 fully saturated rings. The van der Waals surface area contributed by atoms with Crippen LogP contribution in [0.4, 0.5) is 0 Å². The number of amides is 1. The number of hydrogen-bond donors (Lipinski definition) is 1. The Morgan fingerprint density at radius 3 is 2.81 bits per heavy atom. The van der Waals surface area contributed by atoms with E-state index in [-0.39, 0.29) is 5.91 Å². The van der Waals surface area contributed by atoms with Crippen molar-refractivity contribution < 1.29 is 4.79 Å². The maximum Gasteiger partial charge on any atom is 0.248 e. The Morgan fingerprint density at radius 2 is 2.31 bits per heavy atom. The van der Waals surface area contributed by atoms with Crippen LogP contribution in [0.2, 0.25) is 0 Å². The average Bonchev–Trinajstić information content (AvgIpc) is 2.79. The van der Waals surface area contributed by atoms with Gasteiger partial charge in [0.2, 0.25) is 5.91 Å². The van der Waals surface area contributed by atoms with Gasteiger partial charge in [-0.15, -0.1) is 0 Å². The first-order valence-corrected chi connectivity index (χ1v) is 5.40. The molecular formula is C11H16N4O. The van der Waals surface area contributed by atoms with Gasteiger partial charge in [-0.25, -0.2) is 0 Å². The summed E-state index contributed by atoms with van der Waals surface area (Å²) in [5, 5.41) is 3.27. The van der Waals surface area contributed by atoms with Crippen molar-refractivity contribution in [3.8, 4) is 0 Å². The third-order valence-corrected chi connectivity index (χ3v) is 2.93. The number of hydrogen-bond acceptors (Lipinski definition) is 4. The van der Waals surface area contributed by atoms with E-state index in [4.69, 9.17) is 0 Å². The molecule has 0 unspecified atom stereocenters. The van der Waals surface area contributed by atoms with Gasteiger partial charge in [-0.3, -0.25) is 20.1 Å². The fraction of sp³-hybridized carbons (Fsp3) is 0.545. The molecule has 16 heavy (non-hydrogen) atoms. The Bertz CT molecular complexity index is 371. The summed E-state index contributed by atoms with van der Waals surface area (Å²) >= 11 is 0. The fourth-order valence-electron chi connectivity index (χ4n) is 2.16. The average molecular weight is 220 g/mol. The zero-order chi connectivity index (χ0) is 11.6. The van der Waals surface area contributed by atoms with Crippen LogP contribution in [0.1, 0.15) is 18.5 Å². The van der Waals surface area contributed by atoms with Gasteiger partial charge >= 0.3 is 0 Å². The molecule has 1 saturated heterocycles. The number of nitrogens with one attached hydrogen (secondary N) is 1. The number of aromatic nitrogens is 2. The van der Waals surface area contributed by atoms with Gasteiger partial charge in [0, 0.05) is 26.5 Å². The summed E-state index contributed by atoms with van der Waals surface area (Å²) in [6, 6.07) is 0. The lowest BCUT2D eigenvalue weighted by molar-refractivity contribution is -0.135. The summed E-state index contributed by atoms with van der Waals surface area (Å²) in [6.45, 7) is 0.843. The molecule has 5 nitrogen and oxygen atoms in total. The minimum absolute atomic E-state index is 0.0468. The van der Waals surface area contributed by atoms with Gasteiger partial charge in [0.25, 0.3) is 0 Å². The summed E-state index contributed by atoms with van der Waals surface area (Å²) in [4.78, 5) is 22.2. The molecule has 1 aliphatic heterocycles. The quantitative estimate of drug-likeness (QED) is 0.770. The normalized spacial score (nSPS) is 24.4. The van der Waals surface area contributed by atoms with E-state index >= 15 is 0 Å². The number of carbonyl (C=O) groups is 1. The summed E-state index contributed by atoms with van der Waals surface area (Å²) < 4.78 is 0. The van der Waals surface area contributed by atoms with E-state index in [0.717, 1.165) is 19.4 Å². The molecule has 0 radical (unpaired) electrons. The molecule has 1 aromatic rings. The lowest BCUT2D eigenvalue weighted by atomic mass is 9.92. The zero-order valence-corrected chi connectivity index (χ0v) is 9.60. The van der Waals surface area contributed by atoms with E-state index < -0.39 is 5.54 Å². The molecule has 1 N–H and O–H groups in total. The maximum absolute atomic E-state index is 12.3. The van der Waals surface area contributed by atoms with E-state index in [9.17, 15) is 4.79 Å². The lowest BCUT2D eigenvalue weighted by Gasteiger charge is -2.30. The topological polar surface area (TPSA) is 58.1 Å². The van der Waals surface area contributed by atoms with Crippen LogP contribution in [-0.4, -0.2) is 41.4 Å². The number of carbonyl (C=O) groups excluding carboxylic acids is 1. The molecule has 0 aromatic carbocycles. The van der Waals surface area contributed by atoms with Gasteiger partial charge in [-0.2, -0.15) is 0 Å². The van der Waals surface area contributed by atoms with E-state index in [1.54, 1.807) is 37.6 Å². The van der Waals surface area contributed by atoms with Crippen molar-refractivity contribution >= 4 is 5.91 Å². The van der Waals surface area contributed by atoms with Crippen molar-refractivity contribution in [1.29, 1.82) is 0 Å². The van der Waals surface area contributed by atoms with Gasteiger partial charge in [-0.05, 0) is 19.4 Å². The van der Waals surface area contributed by atoms with E-state index in [0.29, 0.717) is 5.69 Å². The molecule has 0 aliphatic carbocycles. The number of rotatable bonds is 2. The van der Waals surface area contributed by atoms with Gasteiger partial charge in [0.1, 0.15) is 5.54 Å². The Balaban J connectivity index is 2.40. The van der Waals surface area contributed by atoms with Crippen LogP contribution in [0, 0.1) is 0 Å². The molecule has 1 atom stereocenters. The fourth-order valence-corrected chi connectivity index (χ4v) is 2.16. The highest BCUT2D eigenvalue weighted by molar-refractivity contribution is 5.87. The molecule has 1 amide bonds. The molecule has 0 spiro atoms. The van der Waals surface area contributed by atoms with Crippen LogP contribution in [0.3, 0.4) is 0 Å². The molecule has 0 bridgehead atoms. The van der Waals surface area contributed by atoms with E-state index in [1.165, 1.54) is 0 Å². The Morgan fingerprint density at radius 1 is 1.50 bits per heavy atom. The lowest BCUT2D eigenvalue weighted by Crippen LogP contribution is -2.51. The van der Waals surface area contributed by atoms with Crippen LogP contribution in [-0.2, 0) is 10.3 Å². The van der Waals surface area contributed by atoms with Crippen LogP contribution < -0.4 is 5.32 Å². The first-order valence-electron chi connectivity index (χ1n) is 5.40. The van der Waals surface area contributed by atoms with Crippen LogP contribution in [0.15, 0.2) is 18.6 Å². The Kier molecular flexibility index (Phi) is 2.87. The van der Waals surface area contributed by atoms with Crippen molar-refractivity contribution in [3.63, 3.8) is 0 Å². The third kappa shape index (κ3) is 1.67. The third-order valence-electron chi connectivity index (χ3n) is 2.93. The standard InChI is InChI=1S/C11H16N4O/c1-15(2)10(16)11(4-3-5-14-11)9-8-12-6-7-13-9/h6-8,14H,3-5H2,1-2H3/t11-/m0/s1. The molecule has 2 rings (SSSR count). The highest BCUT2D eigenvalue weighted by Gasteiger charge is 2.44. The number of nitrogens with zero attached hydrogens (tertiary/aromatic N) is 3. The molecule has 5 heteroatoms. The molecule has 0 saturated carbocycles. The number of likely N-dealkylation sites (N-methyl/N-ethyl adjacent to an activating group) is 1. The first kappa shape index (κ1) is 11.0. The smallest absolute Gasteiger partial charge is 0.248 e. The van der Waals surface area contributed by atoms with Crippen molar-refractivity contribution in [2.75, 3.05) is 20.6 Å². The van der Waals surface area contributed by atoms with Gasteiger partial charge in [0.05, 0.1) is 11.9 Å². The van der Waals surface area contributed by atoms with Crippen molar-refractivity contribution in [2.24, 2.45) is 0 Å². The highest BCUT2D eigenvalue weighted by atomic mass is 16.2. The van der Waals surface area contributed by atoms with E-state index in [2.05, 4.69) is 15.3 Å². The second-order valence-electron chi connectivity index (χ2n) is 4.23. The SMILES string of the molecule is CN(C)C(=O)[C@@]1(c2cnccn2)CCCN1. The largest absolute Gasteiger partial charge is 0.347 e. The highest BCUT2D eigenvalue weighted by Crippen LogP contribution is 2.30. The molecule has 1 aromatic heterocycles. The van der Waals surface area contributed by atoms with Crippen LogP contribution in [0.5, 0.6) is 0 Å². The first-order chi connectivity index (χ1) is 7.67. The van der Waals surface area contributed by atoms with Gasteiger partial charge in [-0.1, -0.05) is 0 Å². The van der Waals surface area contributed by atoms with E-state index in [1.807, 2.05) is 0 Å². The molecule has 86 valence electrons. The van der Waals surface area contributed by atoms with Crippen LogP contribution >= 0.6 is 0 Å². The van der Waals surface area contributed by atoms with Crippen molar-refractivity contribution in [2.45, 2.75) is 18.4 Å². The molecule has 2 heterocycles. The summed E-state index contributed by atoms with van der Waals surface area (Å²) in [5.41, 5.74) is 0.0452. The Hall–Kier alpha value is -1.49. The van der Waals surface area contributed by atoms with Crippen molar-refractivity contribution in [3.05, 3.63) is 24.3 Å².